The first-order valence-corrected chi connectivity index (χ1v) is 4.82. The summed E-state index contributed by atoms with van der Waals surface area (Å²) in [5.74, 6) is -0.796. The molecule has 2 heterocycles. The Morgan fingerprint density at radius 3 is 2.77 bits per heavy atom. The van der Waals surface area contributed by atoms with Gasteiger partial charge in [0, 0.05) is 25.7 Å². The molecule has 2 rings (SSSR count). The fourth-order valence-electron chi connectivity index (χ4n) is 1.98. The number of carbonyl (C=O) groups is 1. The zero-order chi connectivity index (χ0) is 9.26. The average Bonchev–Trinajstić information content (AvgIpc) is 2.02. The summed E-state index contributed by atoms with van der Waals surface area (Å²) in [4.78, 5) is 12.8. The van der Waals surface area contributed by atoms with Crippen LogP contribution in [0.4, 0.5) is 0 Å². The Balaban J connectivity index is 1.75. The van der Waals surface area contributed by atoms with E-state index >= 15 is 0 Å². The van der Waals surface area contributed by atoms with Crippen molar-refractivity contribution in [3.05, 3.63) is 0 Å². The van der Waals surface area contributed by atoms with Crippen molar-refractivity contribution in [1.82, 2.24) is 4.90 Å². The van der Waals surface area contributed by atoms with Gasteiger partial charge in [0.1, 0.15) is 0 Å². The molecule has 0 aliphatic carbocycles. The van der Waals surface area contributed by atoms with Crippen LogP contribution in [0.2, 0.25) is 0 Å². The highest BCUT2D eigenvalue weighted by Gasteiger charge is 2.37. The first-order chi connectivity index (χ1) is 6.27. The molecule has 1 unspecified atom stereocenters. The Kier molecular flexibility index (Phi) is 2.51. The number of hydrogen-bond acceptors (Lipinski definition) is 3. The van der Waals surface area contributed by atoms with Gasteiger partial charge < -0.3 is 9.84 Å². The van der Waals surface area contributed by atoms with Gasteiger partial charge in [-0.05, 0) is 12.8 Å². The highest BCUT2D eigenvalue weighted by molar-refractivity contribution is 5.71. The minimum atomic E-state index is -0.659. The molecule has 2 aliphatic heterocycles. The van der Waals surface area contributed by atoms with Gasteiger partial charge in [0.25, 0.3) is 0 Å². The summed E-state index contributed by atoms with van der Waals surface area (Å²) >= 11 is 0. The summed E-state index contributed by atoms with van der Waals surface area (Å²) in [6.45, 7) is 3.08. The molecule has 0 saturated carbocycles. The molecule has 0 aromatic rings. The van der Waals surface area contributed by atoms with Gasteiger partial charge in [0.2, 0.25) is 0 Å². The second-order valence-electron chi connectivity index (χ2n) is 3.86. The normalized spacial score (nSPS) is 31.2. The lowest BCUT2D eigenvalue weighted by Crippen LogP contribution is -2.56. The number of ether oxygens (including phenoxy) is 1. The monoisotopic (exact) mass is 185 g/mol. The quantitative estimate of drug-likeness (QED) is 0.667. The SMILES string of the molecule is O=C(O)C1CN(C2CCCOC2)C1. The molecule has 0 aromatic carbocycles. The van der Waals surface area contributed by atoms with E-state index in [0.717, 1.165) is 26.1 Å². The molecular formula is C9H15NO3. The van der Waals surface area contributed by atoms with E-state index in [1.165, 1.54) is 0 Å². The number of rotatable bonds is 2. The molecule has 2 saturated heterocycles. The summed E-state index contributed by atoms with van der Waals surface area (Å²) in [5.41, 5.74) is 0. The smallest absolute Gasteiger partial charge is 0.309 e. The molecule has 2 aliphatic rings. The average molecular weight is 185 g/mol. The van der Waals surface area contributed by atoms with Crippen molar-refractivity contribution in [3.63, 3.8) is 0 Å². The van der Waals surface area contributed by atoms with Gasteiger partial charge in [-0.2, -0.15) is 0 Å². The fourth-order valence-corrected chi connectivity index (χ4v) is 1.98. The van der Waals surface area contributed by atoms with E-state index in [1.54, 1.807) is 0 Å². The minimum absolute atomic E-state index is 0.137. The summed E-state index contributed by atoms with van der Waals surface area (Å²) in [6.07, 6.45) is 2.27. The number of carboxylic acids is 1. The third kappa shape index (κ3) is 1.84. The first-order valence-electron chi connectivity index (χ1n) is 4.82. The van der Waals surface area contributed by atoms with Crippen LogP contribution in [-0.4, -0.2) is 48.3 Å². The summed E-state index contributed by atoms with van der Waals surface area (Å²) in [7, 11) is 0. The van der Waals surface area contributed by atoms with Crippen molar-refractivity contribution < 1.29 is 14.6 Å². The van der Waals surface area contributed by atoms with Crippen LogP contribution in [-0.2, 0) is 9.53 Å². The summed E-state index contributed by atoms with van der Waals surface area (Å²) in [5, 5.41) is 8.69. The van der Waals surface area contributed by atoms with Crippen LogP contribution in [0.5, 0.6) is 0 Å². The lowest BCUT2D eigenvalue weighted by molar-refractivity contribution is -0.150. The molecule has 1 N–H and O–H groups in total. The van der Waals surface area contributed by atoms with E-state index < -0.39 is 5.97 Å². The van der Waals surface area contributed by atoms with Gasteiger partial charge in [0.15, 0.2) is 0 Å². The largest absolute Gasteiger partial charge is 0.481 e. The second kappa shape index (κ2) is 3.64. The molecule has 0 bridgehead atoms. The minimum Gasteiger partial charge on any atom is -0.481 e. The molecule has 4 nitrogen and oxygen atoms in total. The molecule has 0 spiro atoms. The Hall–Kier alpha value is -0.610. The molecule has 1 atom stereocenters. The Labute approximate surface area is 77.5 Å². The number of likely N-dealkylation sites (tertiary alicyclic amines) is 1. The van der Waals surface area contributed by atoms with Gasteiger partial charge in [-0.1, -0.05) is 0 Å². The van der Waals surface area contributed by atoms with Crippen LogP contribution in [0.15, 0.2) is 0 Å². The van der Waals surface area contributed by atoms with Crippen LogP contribution in [0.25, 0.3) is 0 Å². The second-order valence-corrected chi connectivity index (χ2v) is 3.86. The first kappa shape index (κ1) is 8.97. The lowest BCUT2D eigenvalue weighted by Gasteiger charge is -2.43. The van der Waals surface area contributed by atoms with Crippen LogP contribution in [0.3, 0.4) is 0 Å². The molecule has 74 valence electrons. The maximum Gasteiger partial charge on any atom is 0.309 e. The summed E-state index contributed by atoms with van der Waals surface area (Å²) < 4.78 is 5.35. The standard InChI is InChI=1S/C9H15NO3/c11-9(12)7-4-10(5-7)8-2-1-3-13-6-8/h7-8H,1-6H2,(H,11,12). The highest BCUT2D eigenvalue weighted by atomic mass is 16.5. The highest BCUT2D eigenvalue weighted by Crippen LogP contribution is 2.23. The molecule has 0 radical (unpaired) electrons. The molecule has 2 fully saturated rings. The van der Waals surface area contributed by atoms with Crippen LogP contribution in [0.1, 0.15) is 12.8 Å². The van der Waals surface area contributed by atoms with Crippen LogP contribution >= 0.6 is 0 Å². The van der Waals surface area contributed by atoms with E-state index in [4.69, 9.17) is 9.84 Å². The number of hydrogen-bond donors (Lipinski definition) is 1. The van der Waals surface area contributed by atoms with Gasteiger partial charge in [-0.15, -0.1) is 0 Å². The molecule has 13 heavy (non-hydrogen) atoms. The van der Waals surface area contributed by atoms with Crippen molar-refractivity contribution in [2.24, 2.45) is 5.92 Å². The number of nitrogens with zero attached hydrogens (tertiary/aromatic N) is 1. The zero-order valence-corrected chi connectivity index (χ0v) is 7.61. The molecule has 0 amide bonds. The summed E-state index contributed by atoms with van der Waals surface area (Å²) in [6, 6.07) is 0.476. The van der Waals surface area contributed by atoms with Gasteiger partial charge >= 0.3 is 5.97 Å². The topological polar surface area (TPSA) is 49.8 Å². The Morgan fingerprint density at radius 1 is 1.46 bits per heavy atom. The van der Waals surface area contributed by atoms with Crippen molar-refractivity contribution in [2.75, 3.05) is 26.3 Å². The van der Waals surface area contributed by atoms with Gasteiger partial charge in [0.05, 0.1) is 12.5 Å². The number of carboxylic acid groups (broad SMARTS) is 1. The van der Waals surface area contributed by atoms with Crippen molar-refractivity contribution >= 4 is 5.97 Å². The van der Waals surface area contributed by atoms with E-state index in [1.807, 2.05) is 0 Å². The molecule has 0 aromatic heterocycles. The predicted molar refractivity (Wildman–Crippen MR) is 46.5 cm³/mol. The van der Waals surface area contributed by atoms with Crippen molar-refractivity contribution in [3.8, 4) is 0 Å². The third-order valence-corrected chi connectivity index (χ3v) is 2.91. The Bertz CT molecular complexity index is 195. The maximum absolute atomic E-state index is 10.6. The lowest BCUT2D eigenvalue weighted by atomic mass is 9.95. The molecular weight excluding hydrogens is 170 g/mol. The maximum atomic E-state index is 10.6. The predicted octanol–water partition coefficient (Wildman–Crippen LogP) is 0.182. The van der Waals surface area contributed by atoms with Crippen molar-refractivity contribution in [1.29, 1.82) is 0 Å². The van der Waals surface area contributed by atoms with Crippen LogP contribution < -0.4 is 0 Å². The number of aliphatic carboxylic acids is 1. The van der Waals surface area contributed by atoms with E-state index in [2.05, 4.69) is 4.90 Å². The van der Waals surface area contributed by atoms with E-state index in [0.29, 0.717) is 19.1 Å². The van der Waals surface area contributed by atoms with Crippen molar-refractivity contribution in [2.45, 2.75) is 18.9 Å². The fraction of sp³-hybridized carbons (Fsp3) is 0.889. The third-order valence-electron chi connectivity index (χ3n) is 2.91. The Morgan fingerprint density at radius 2 is 2.23 bits per heavy atom. The zero-order valence-electron chi connectivity index (χ0n) is 7.61. The van der Waals surface area contributed by atoms with E-state index in [9.17, 15) is 4.79 Å². The van der Waals surface area contributed by atoms with Gasteiger partial charge in [-0.3, -0.25) is 9.69 Å². The molecule has 4 heteroatoms. The van der Waals surface area contributed by atoms with Crippen LogP contribution in [0, 0.1) is 5.92 Å². The van der Waals surface area contributed by atoms with E-state index in [-0.39, 0.29) is 5.92 Å². The van der Waals surface area contributed by atoms with Gasteiger partial charge in [-0.25, -0.2) is 0 Å².